The van der Waals surface area contributed by atoms with Crippen molar-refractivity contribution in [1.82, 2.24) is 9.88 Å². The Kier molecular flexibility index (Phi) is 2.86. The van der Waals surface area contributed by atoms with Gasteiger partial charge in [-0.3, -0.25) is 0 Å². The molecule has 2 nitrogen and oxygen atoms in total. The number of nitrogens with zero attached hydrogens (tertiary/aromatic N) is 1. The lowest BCUT2D eigenvalue weighted by Gasteiger charge is -2.08. The van der Waals surface area contributed by atoms with Gasteiger partial charge in [-0.25, -0.2) is 4.39 Å². The Hall–Kier alpha value is -1.35. The van der Waals surface area contributed by atoms with Gasteiger partial charge in [0.05, 0.1) is 5.52 Å². The Morgan fingerprint density at radius 2 is 2.28 bits per heavy atom. The Morgan fingerprint density at radius 3 is 3.00 bits per heavy atom. The molecule has 96 valence electrons. The lowest BCUT2D eigenvalue weighted by molar-refractivity contribution is 0.579. The molecule has 0 bridgehead atoms. The van der Waals surface area contributed by atoms with Crippen LogP contribution in [0.15, 0.2) is 18.2 Å². The van der Waals surface area contributed by atoms with E-state index in [0.717, 1.165) is 30.4 Å². The third-order valence-corrected chi connectivity index (χ3v) is 4.24. The standard InChI is InChI=1S/C15H19FN2/c1-10-13(8-11-6-7-17-9-11)12-4-3-5-14(16)15(12)18(10)2/h3-5,11,17H,6-9H2,1-2H3. The maximum absolute atomic E-state index is 13.9. The van der Waals surface area contributed by atoms with Crippen LogP contribution in [0.3, 0.4) is 0 Å². The average molecular weight is 246 g/mol. The van der Waals surface area contributed by atoms with Gasteiger partial charge in [0.25, 0.3) is 0 Å². The number of hydrogen-bond donors (Lipinski definition) is 1. The summed E-state index contributed by atoms with van der Waals surface area (Å²) in [5.41, 5.74) is 3.26. The SMILES string of the molecule is Cc1c(CC2CCNC2)c2cccc(F)c2n1C. The van der Waals surface area contributed by atoms with Crippen LogP contribution >= 0.6 is 0 Å². The Balaban J connectivity index is 2.10. The molecule has 1 unspecified atom stereocenters. The van der Waals surface area contributed by atoms with Gasteiger partial charge in [-0.1, -0.05) is 12.1 Å². The Bertz CT molecular complexity index is 580. The first kappa shape index (κ1) is 11.7. The molecule has 1 N–H and O–H groups in total. The first-order valence-corrected chi connectivity index (χ1v) is 6.61. The van der Waals surface area contributed by atoms with Crippen LogP contribution in [0.2, 0.25) is 0 Å². The zero-order valence-corrected chi connectivity index (χ0v) is 11.0. The van der Waals surface area contributed by atoms with Gasteiger partial charge in [-0.05, 0) is 50.4 Å². The number of para-hydroxylation sites is 1. The van der Waals surface area contributed by atoms with Gasteiger partial charge in [-0.15, -0.1) is 0 Å². The number of benzene rings is 1. The number of aryl methyl sites for hydroxylation is 1. The zero-order valence-electron chi connectivity index (χ0n) is 11.0. The van der Waals surface area contributed by atoms with E-state index in [-0.39, 0.29) is 5.82 Å². The van der Waals surface area contributed by atoms with Crippen molar-refractivity contribution < 1.29 is 4.39 Å². The molecule has 1 fully saturated rings. The van der Waals surface area contributed by atoms with E-state index in [9.17, 15) is 4.39 Å². The van der Waals surface area contributed by atoms with Crippen molar-refractivity contribution >= 4 is 10.9 Å². The van der Waals surface area contributed by atoms with E-state index in [1.807, 2.05) is 23.7 Å². The van der Waals surface area contributed by atoms with Crippen molar-refractivity contribution in [2.24, 2.45) is 13.0 Å². The fourth-order valence-electron chi connectivity index (χ4n) is 3.10. The van der Waals surface area contributed by atoms with Crippen LogP contribution in [-0.2, 0) is 13.5 Å². The minimum atomic E-state index is -0.117. The summed E-state index contributed by atoms with van der Waals surface area (Å²) in [5, 5.41) is 4.48. The van der Waals surface area contributed by atoms with Gasteiger partial charge in [-0.2, -0.15) is 0 Å². The molecule has 0 spiro atoms. The average Bonchev–Trinajstić information content (AvgIpc) is 2.94. The first-order chi connectivity index (χ1) is 8.68. The maximum atomic E-state index is 13.9. The number of halogens is 1. The van der Waals surface area contributed by atoms with E-state index < -0.39 is 0 Å². The lowest BCUT2D eigenvalue weighted by Crippen LogP contribution is -2.11. The van der Waals surface area contributed by atoms with Crippen LogP contribution in [0.5, 0.6) is 0 Å². The molecular formula is C15H19FN2. The Morgan fingerprint density at radius 1 is 1.44 bits per heavy atom. The molecule has 1 aromatic heterocycles. The number of hydrogen-bond acceptors (Lipinski definition) is 1. The molecular weight excluding hydrogens is 227 g/mol. The van der Waals surface area contributed by atoms with Gasteiger partial charge in [0, 0.05) is 18.1 Å². The van der Waals surface area contributed by atoms with Crippen molar-refractivity contribution in [3.05, 3.63) is 35.3 Å². The molecule has 0 radical (unpaired) electrons. The van der Waals surface area contributed by atoms with E-state index in [1.165, 1.54) is 17.7 Å². The Labute approximate surface area is 107 Å². The minimum Gasteiger partial charge on any atom is -0.345 e. The van der Waals surface area contributed by atoms with E-state index in [2.05, 4.69) is 12.2 Å². The summed E-state index contributed by atoms with van der Waals surface area (Å²) in [4.78, 5) is 0. The highest BCUT2D eigenvalue weighted by atomic mass is 19.1. The predicted molar refractivity (Wildman–Crippen MR) is 72.3 cm³/mol. The van der Waals surface area contributed by atoms with Crippen LogP contribution in [0.4, 0.5) is 4.39 Å². The fraction of sp³-hybridized carbons (Fsp3) is 0.467. The minimum absolute atomic E-state index is 0.117. The second-order valence-corrected chi connectivity index (χ2v) is 5.32. The van der Waals surface area contributed by atoms with E-state index in [0.29, 0.717) is 5.92 Å². The van der Waals surface area contributed by atoms with Crippen LogP contribution in [0.1, 0.15) is 17.7 Å². The summed E-state index contributed by atoms with van der Waals surface area (Å²) < 4.78 is 15.9. The number of aromatic nitrogens is 1. The summed E-state index contributed by atoms with van der Waals surface area (Å²) >= 11 is 0. The van der Waals surface area contributed by atoms with Gasteiger partial charge < -0.3 is 9.88 Å². The molecule has 2 aromatic rings. The highest BCUT2D eigenvalue weighted by Crippen LogP contribution is 2.29. The molecule has 1 aliphatic rings. The maximum Gasteiger partial charge on any atom is 0.147 e. The smallest absolute Gasteiger partial charge is 0.147 e. The highest BCUT2D eigenvalue weighted by molar-refractivity contribution is 5.86. The van der Waals surface area contributed by atoms with Crippen LogP contribution in [0, 0.1) is 18.7 Å². The van der Waals surface area contributed by atoms with Gasteiger partial charge in [0.15, 0.2) is 0 Å². The molecule has 3 heteroatoms. The molecule has 2 heterocycles. The highest BCUT2D eigenvalue weighted by Gasteiger charge is 2.20. The summed E-state index contributed by atoms with van der Waals surface area (Å²) in [7, 11) is 1.96. The third kappa shape index (κ3) is 1.74. The monoisotopic (exact) mass is 246 g/mol. The molecule has 0 amide bonds. The second kappa shape index (κ2) is 4.39. The molecule has 0 saturated carbocycles. The summed E-state index contributed by atoms with van der Waals surface area (Å²) in [5.74, 6) is 0.575. The number of rotatable bonds is 2. The van der Waals surface area contributed by atoms with Gasteiger partial charge in [0.1, 0.15) is 5.82 Å². The molecule has 18 heavy (non-hydrogen) atoms. The van der Waals surface area contributed by atoms with E-state index in [4.69, 9.17) is 0 Å². The summed E-state index contributed by atoms with van der Waals surface area (Å²) in [6, 6.07) is 5.40. The lowest BCUT2D eigenvalue weighted by atomic mass is 9.96. The summed E-state index contributed by atoms with van der Waals surface area (Å²) in [6.45, 7) is 4.30. The van der Waals surface area contributed by atoms with Crippen molar-refractivity contribution in [2.75, 3.05) is 13.1 Å². The van der Waals surface area contributed by atoms with Gasteiger partial charge in [0.2, 0.25) is 0 Å². The third-order valence-electron chi connectivity index (χ3n) is 4.24. The number of fused-ring (bicyclic) bond motifs is 1. The predicted octanol–water partition coefficient (Wildman–Crippen LogP) is 2.78. The fourth-order valence-corrected chi connectivity index (χ4v) is 3.10. The first-order valence-electron chi connectivity index (χ1n) is 6.61. The largest absolute Gasteiger partial charge is 0.345 e. The van der Waals surface area contributed by atoms with Gasteiger partial charge >= 0.3 is 0 Å². The van der Waals surface area contributed by atoms with Crippen LogP contribution < -0.4 is 5.32 Å². The normalized spacial score (nSPS) is 19.8. The molecule has 1 aliphatic heterocycles. The topological polar surface area (TPSA) is 17.0 Å². The quantitative estimate of drug-likeness (QED) is 0.862. The van der Waals surface area contributed by atoms with Crippen molar-refractivity contribution in [1.29, 1.82) is 0 Å². The molecule has 1 atom stereocenters. The van der Waals surface area contributed by atoms with E-state index in [1.54, 1.807) is 6.07 Å². The van der Waals surface area contributed by atoms with Crippen LogP contribution in [0.25, 0.3) is 10.9 Å². The zero-order chi connectivity index (χ0) is 12.7. The molecule has 0 aliphatic carbocycles. The summed E-state index contributed by atoms with van der Waals surface area (Å²) in [6.07, 6.45) is 2.28. The van der Waals surface area contributed by atoms with E-state index >= 15 is 0 Å². The van der Waals surface area contributed by atoms with Crippen molar-refractivity contribution in [2.45, 2.75) is 19.8 Å². The molecule has 1 saturated heterocycles. The second-order valence-electron chi connectivity index (χ2n) is 5.32. The number of nitrogens with one attached hydrogen (secondary N) is 1. The van der Waals surface area contributed by atoms with Crippen molar-refractivity contribution in [3.63, 3.8) is 0 Å². The molecule has 3 rings (SSSR count). The molecule has 1 aromatic carbocycles. The van der Waals surface area contributed by atoms with Crippen molar-refractivity contribution in [3.8, 4) is 0 Å². The van der Waals surface area contributed by atoms with Crippen LogP contribution in [-0.4, -0.2) is 17.7 Å².